The van der Waals surface area contributed by atoms with Gasteiger partial charge in [0, 0.05) is 17.3 Å². The van der Waals surface area contributed by atoms with E-state index in [2.05, 4.69) is 5.32 Å². The summed E-state index contributed by atoms with van der Waals surface area (Å²) in [6.45, 7) is 2.79. The van der Waals surface area contributed by atoms with Gasteiger partial charge in [0.1, 0.15) is 6.54 Å². The Morgan fingerprint density at radius 2 is 1.85 bits per heavy atom. The minimum absolute atomic E-state index is 0.0631. The number of amides is 1. The van der Waals surface area contributed by atoms with Gasteiger partial charge in [-0.25, -0.2) is 0 Å². The Morgan fingerprint density at radius 3 is 2.59 bits per heavy atom. The highest BCUT2D eigenvalue weighted by atomic mass is 16.7. The van der Waals surface area contributed by atoms with Gasteiger partial charge in [-0.15, -0.1) is 0 Å². The molecule has 0 spiro atoms. The molecule has 3 rings (SSSR count). The fourth-order valence-electron chi connectivity index (χ4n) is 2.91. The van der Waals surface area contributed by atoms with Crippen molar-refractivity contribution in [2.45, 2.75) is 19.5 Å². The van der Waals surface area contributed by atoms with Crippen molar-refractivity contribution in [3.63, 3.8) is 0 Å². The molecule has 1 unspecified atom stereocenters. The van der Waals surface area contributed by atoms with Crippen molar-refractivity contribution in [1.82, 2.24) is 0 Å². The summed E-state index contributed by atoms with van der Waals surface area (Å²) in [5.41, 5.74) is 1.75. The van der Waals surface area contributed by atoms with Crippen molar-refractivity contribution in [2.75, 3.05) is 33.4 Å². The summed E-state index contributed by atoms with van der Waals surface area (Å²) in [5.74, 6) is 2.64. The molecule has 0 saturated carbocycles. The van der Waals surface area contributed by atoms with Gasteiger partial charge in [-0.1, -0.05) is 0 Å². The van der Waals surface area contributed by atoms with E-state index in [-0.39, 0.29) is 18.7 Å². The SMILES string of the molecule is COc1ccc(C[NH+](C)[C@H](C)C(=O)Nc2ccc3c(c2)OCO3)cc1OC. The van der Waals surface area contributed by atoms with Gasteiger partial charge in [0.15, 0.2) is 29.0 Å². The molecule has 2 N–H and O–H groups in total. The Kier molecular flexibility index (Phi) is 5.71. The zero-order valence-corrected chi connectivity index (χ0v) is 16.0. The van der Waals surface area contributed by atoms with Crippen LogP contribution in [0, 0.1) is 0 Å². The van der Waals surface area contributed by atoms with E-state index in [9.17, 15) is 4.79 Å². The first-order chi connectivity index (χ1) is 13.0. The van der Waals surface area contributed by atoms with Gasteiger partial charge in [-0.05, 0) is 37.3 Å². The molecular weight excluding hydrogens is 348 g/mol. The number of carbonyl (C=O) groups excluding carboxylic acids is 1. The van der Waals surface area contributed by atoms with Crippen LogP contribution in [-0.4, -0.2) is 40.0 Å². The molecule has 0 aromatic heterocycles. The number of carbonyl (C=O) groups is 1. The molecule has 0 saturated heterocycles. The van der Waals surface area contributed by atoms with Crippen LogP contribution >= 0.6 is 0 Å². The summed E-state index contributed by atoms with van der Waals surface area (Å²) in [6.07, 6.45) is 0. The maximum Gasteiger partial charge on any atom is 0.282 e. The van der Waals surface area contributed by atoms with Crippen molar-refractivity contribution < 1.29 is 28.6 Å². The average molecular weight is 373 g/mol. The minimum atomic E-state index is -0.247. The summed E-state index contributed by atoms with van der Waals surface area (Å²) in [6, 6.07) is 10.9. The third-order valence-corrected chi connectivity index (χ3v) is 4.70. The van der Waals surface area contributed by atoms with Gasteiger partial charge in [0.25, 0.3) is 5.91 Å². The van der Waals surface area contributed by atoms with E-state index < -0.39 is 0 Å². The molecule has 27 heavy (non-hydrogen) atoms. The summed E-state index contributed by atoms with van der Waals surface area (Å²) in [4.78, 5) is 13.7. The van der Waals surface area contributed by atoms with Crippen LogP contribution in [-0.2, 0) is 11.3 Å². The quantitative estimate of drug-likeness (QED) is 0.769. The van der Waals surface area contributed by atoms with E-state index in [1.165, 1.54) is 0 Å². The van der Waals surface area contributed by atoms with Gasteiger partial charge in [-0.2, -0.15) is 0 Å². The lowest BCUT2D eigenvalue weighted by atomic mass is 10.1. The largest absolute Gasteiger partial charge is 0.493 e. The Morgan fingerprint density at radius 1 is 1.11 bits per heavy atom. The lowest BCUT2D eigenvalue weighted by Crippen LogP contribution is -3.12. The second-order valence-electron chi connectivity index (χ2n) is 6.49. The maximum atomic E-state index is 12.6. The predicted molar refractivity (Wildman–Crippen MR) is 101 cm³/mol. The number of hydrogen-bond acceptors (Lipinski definition) is 5. The van der Waals surface area contributed by atoms with Gasteiger partial charge >= 0.3 is 0 Å². The zero-order chi connectivity index (χ0) is 19.4. The van der Waals surface area contributed by atoms with E-state index in [1.54, 1.807) is 26.4 Å². The molecule has 1 heterocycles. The van der Waals surface area contributed by atoms with Crippen LogP contribution in [0.5, 0.6) is 23.0 Å². The normalized spacial score (nSPS) is 14.4. The predicted octanol–water partition coefficient (Wildman–Crippen LogP) is 1.47. The highest BCUT2D eigenvalue weighted by Gasteiger charge is 2.23. The van der Waals surface area contributed by atoms with E-state index in [1.807, 2.05) is 38.2 Å². The summed E-state index contributed by atoms with van der Waals surface area (Å²) in [7, 11) is 5.21. The zero-order valence-electron chi connectivity index (χ0n) is 16.0. The Bertz CT molecular complexity index is 824. The number of ether oxygens (including phenoxy) is 4. The molecule has 7 nitrogen and oxygen atoms in total. The third kappa shape index (κ3) is 4.25. The monoisotopic (exact) mass is 373 g/mol. The minimum Gasteiger partial charge on any atom is -0.493 e. The Hall–Kier alpha value is -2.93. The Balaban J connectivity index is 1.62. The molecule has 144 valence electrons. The fourth-order valence-corrected chi connectivity index (χ4v) is 2.91. The molecule has 1 aliphatic rings. The molecule has 7 heteroatoms. The van der Waals surface area contributed by atoms with Crippen molar-refractivity contribution in [3.05, 3.63) is 42.0 Å². The number of likely N-dealkylation sites (N-methyl/N-ethyl adjacent to an activating group) is 1. The third-order valence-electron chi connectivity index (χ3n) is 4.70. The first kappa shape index (κ1) is 18.8. The molecule has 0 bridgehead atoms. The first-order valence-electron chi connectivity index (χ1n) is 8.75. The molecule has 0 aliphatic carbocycles. The van der Waals surface area contributed by atoms with Crippen LogP contribution < -0.4 is 29.2 Å². The summed E-state index contributed by atoms with van der Waals surface area (Å²) >= 11 is 0. The number of benzene rings is 2. The Labute approximate surface area is 158 Å². The fraction of sp³-hybridized carbons (Fsp3) is 0.350. The number of hydrogen-bond donors (Lipinski definition) is 2. The molecule has 1 aliphatic heterocycles. The van der Waals surface area contributed by atoms with Crippen molar-refractivity contribution in [1.29, 1.82) is 0 Å². The van der Waals surface area contributed by atoms with E-state index >= 15 is 0 Å². The van der Waals surface area contributed by atoms with E-state index in [0.717, 1.165) is 10.5 Å². The summed E-state index contributed by atoms with van der Waals surface area (Å²) < 4.78 is 21.2. The average Bonchev–Trinajstić information content (AvgIpc) is 3.14. The molecule has 2 aromatic rings. The van der Waals surface area contributed by atoms with Crippen LogP contribution in [0.25, 0.3) is 0 Å². The molecule has 1 amide bonds. The number of methoxy groups -OCH3 is 2. The van der Waals surface area contributed by atoms with Crippen LogP contribution in [0.3, 0.4) is 0 Å². The standard InChI is InChI=1S/C20H24N2O5/c1-13(20(23)21-15-6-8-17-19(10-15)27-12-26-17)22(2)11-14-5-7-16(24-3)18(9-14)25-4/h5-10,13H,11-12H2,1-4H3,(H,21,23)/p+1/t13-/m1/s1. The van der Waals surface area contributed by atoms with Gasteiger partial charge in [-0.3, -0.25) is 4.79 Å². The van der Waals surface area contributed by atoms with Crippen molar-refractivity contribution in [2.24, 2.45) is 0 Å². The second-order valence-corrected chi connectivity index (χ2v) is 6.49. The highest BCUT2D eigenvalue weighted by Crippen LogP contribution is 2.34. The molecule has 0 radical (unpaired) electrons. The number of rotatable bonds is 7. The summed E-state index contributed by atoms with van der Waals surface area (Å²) in [5, 5.41) is 2.94. The topological polar surface area (TPSA) is 70.5 Å². The van der Waals surface area contributed by atoms with E-state index in [0.29, 0.717) is 35.2 Å². The second kappa shape index (κ2) is 8.18. The number of fused-ring (bicyclic) bond motifs is 1. The lowest BCUT2D eigenvalue weighted by molar-refractivity contribution is -0.907. The number of anilines is 1. The van der Waals surface area contributed by atoms with Gasteiger partial charge in [0.2, 0.25) is 6.79 Å². The molecule has 0 fully saturated rings. The lowest BCUT2D eigenvalue weighted by Gasteiger charge is -2.21. The van der Waals surface area contributed by atoms with Gasteiger partial charge in [0.05, 0.1) is 21.3 Å². The van der Waals surface area contributed by atoms with Gasteiger partial charge < -0.3 is 29.2 Å². The molecular formula is C20H25N2O5+. The number of nitrogens with one attached hydrogen (secondary N) is 2. The maximum absolute atomic E-state index is 12.6. The molecule has 2 aromatic carbocycles. The molecule has 2 atom stereocenters. The van der Waals surface area contributed by atoms with Crippen molar-refractivity contribution >= 4 is 11.6 Å². The highest BCUT2D eigenvalue weighted by molar-refractivity contribution is 5.93. The number of quaternary nitrogens is 1. The van der Waals surface area contributed by atoms with Crippen LogP contribution in [0.15, 0.2) is 36.4 Å². The van der Waals surface area contributed by atoms with E-state index in [4.69, 9.17) is 18.9 Å². The first-order valence-corrected chi connectivity index (χ1v) is 8.75. The smallest absolute Gasteiger partial charge is 0.282 e. The van der Waals surface area contributed by atoms with Crippen LogP contribution in [0.1, 0.15) is 12.5 Å². The van der Waals surface area contributed by atoms with Crippen LogP contribution in [0.4, 0.5) is 5.69 Å². The van der Waals surface area contributed by atoms with Crippen molar-refractivity contribution in [3.8, 4) is 23.0 Å². The van der Waals surface area contributed by atoms with Crippen LogP contribution in [0.2, 0.25) is 0 Å².